The van der Waals surface area contributed by atoms with E-state index in [0.29, 0.717) is 18.4 Å². The molecule has 0 unspecified atom stereocenters. The summed E-state index contributed by atoms with van der Waals surface area (Å²) < 4.78 is 0. The van der Waals surface area contributed by atoms with Gasteiger partial charge in [0.25, 0.3) is 0 Å². The molecule has 0 bridgehead atoms. The normalized spacial score (nSPS) is 11.7. The maximum Gasteiger partial charge on any atom is 0.222 e. The lowest BCUT2D eigenvalue weighted by Gasteiger charge is -2.20. The largest absolute Gasteiger partial charge is 0.346 e. The molecule has 23 heavy (non-hydrogen) atoms. The molecule has 0 N–H and O–H groups in total. The predicted octanol–water partition coefficient (Wildman–Crippen LogP) is 3.47. The van der Waals surface area contributed by atoms with E-state index < -0.39 is 0 Å². The molecule has 0 radical (unpaired) electrons. The van der Waals surface area contributed by atoms with Gasteiger partial charge in [0.05, 0.1) is 0 Å². The van der Waals surface area contributed by atoms with Crippen LogP contribution in [0, 0.1) is 0 Å². The van der Waals surface area contributed by atoms with Crippen LogP contribution in [-0.4, -0.2) is 74.5 Å². The zero-order valence-corrected chi connectivity index (χ0v) is 16.6. The highest BCUT2D eigenvalue weighted by molar-refractivity contribution is 5.75. The van der Waals surface area contributed by atoms with Crippen molar-refractivity contribution in [3.8, 4) is 0 Å². The Bertz CT molecular complexity index is 292. The van der Waals surface area contributed by atoms with Crippen molar-refractivity contribution in [3.63, 3.8) is 0 Å². The molecule has 0 saturated heterocycles. The lowest BCUT2D eigenvalue weighted by Crippen LogP contribution is -2.29. The second-order valence-corrected chi connectivity index (χ2v) is 7.42. The van der Waals surface area contributed by atoms with Crippen molar-refractivity contribution in [2.75, 3.05) is 47.8 Å². The topological polar surface area (TPSA) is 26.8 Å². The van der Waals surface area contributed by atoms with Crippen LogP contribution in [0.25, 0.3) is 0 Å². The Labute approximate surface area is 145 Å². The van der Waals surface area contributed by atoms with E-state index in [2.05, 4.69) is 44.8 Å². The highest BCUT2D eigenvalue weighted by Crippen LogP contribution is 2.09. The van der Waals surface area contributed by atoms with Gasteiger partial charge in [0.1, 0.15) is 0 Å². The Morgan fingerprint density at radius 1 is 0.739 bits per heavy atom. The van der Waals surface area contributed by atoms with Gasteiger partial charge >= 0.3 is 0 Å². The molecule has 0 aliphatic rings. The van der Waals surface area contributed by atoms with E-state index >= 15 is 0 Å². The fourth-order valence-corrected chi connectivity index (χ4v) is 2.54. The summed E-state index contributed by atoms with van der Waals surface area (Å²) in [6.07, 6.45) is 9.19. The van der Waals surface area contributed by atoms with E-state index in [-0.39, 0.29) is 0 Å². The lowest BCUT2D eigenvalue weighted by atomic mass is 10.1. The molecular formula is C19H41N3O. The molecule has 0 fully saturated rings. The molecule has 0 aromatic rings. The van der Waals surface area contributed by atoms with Crippen molar-refractivity contribution < 1.29 is 4.79 Å². The predicted molar refractivity (Wildman–Crippen MR) is 101 cm³/mol. The molecule has 4 heteroatoms. The third-order valence-corrected chi connectivity index (χ3v) is 4.56. The molecule has 138 valence electrons. The quantitative estimate of drug-likeness (QED) is 0.457. The maximum absolute atomic E-state index is 12.0. The Kier molecular flexibility index (Phi) is 13.4. The van der Waals surface area contributed by atoms with E-state index in [0.717, 1.165) is 25.9 Å². The second-order valence-electron chi connectivity index (χ2n) is 7.42. The Balaban J connectivity index is 3.44. The Morgan fingerprint density at radius 2 is 1.30 bits per heavy atom. The third kappa shape index (κ3) is 13.5. The fourth-order valence-electron chi connectivity index (χ4n) is 2.54. The summed E-state index contributed by atoms with van der Waals surface area (Å²) in [7, 11) is 8.28. The van der Waals surface area contributed by atoms with Gasteiger partial charge in [0.2, 0.25) is 5.91 Å². The van der Waals surface area contributed by atoms with Crippen molar-refractivity contribution in [2.24, 2.45) is 0 Å². The average Bonchev–Trinajstić information content (AvgIpc) is 2.48. The number of carbonyl (C=O) groups excluding carboxylic acids is 1. The summed E-state index contributed by atoms with van der Waals surface area (Å²) in [6, 6.07) is 0.649. The van der Waals surface area contributed by atoms with Crippen LogP contribution in [0.5, 0.6) is 0 Å². The lowest BCUT2D eigenvalue weighted by molar-refractivity contribution is -0.130. The SMILES string of the molecule is CC(C)N(C)CCCCCCCCC(=O)N(C)CCCN(C)C. The van der Waals surface area contributed by atoms with Crippen LogP contribution < -0.4 is 0 Å². The summed E-state index contributed by atoms with van der Waals surface area (Å²) in [4.78, 5) is 18.5. The molecule has 0 atom stereocenters. The first-order valence-electron chi connectivity index (χ1n) is 9.43. The van der Waals surface area contributed by atoms with Gasteiger partial charge in [-0.15, -0.1) is 0 Å². The first-order chi connectivity index (χ1) is 10.8. The molecule has 1 amide bonds. The molecular weight excluding hydrogens is 286 g/mol. The summed E-state index contributed by atoms with van der Waals surface area (Å²) in [6.45, 7) is 7.61. The minimum atomic E-state index is 0.308. The maximum atomic E-state index is 12.0. The second kappa shape index (κ2) is 13.8. The number of rotatable bonds is 14. The first kappa shape index (κ1) is 22.4. The Morgan fingerprint density at radius 3 is 1.87 bits per heavy atom. The van der Waals surface area contributed by atoms with E-state index in [9.17, 15) is 4.79 Å². The molecule has 4 nitrogen and oxygen atoms in total. The summed E-state index contributed by atoms with van der Waals surface area (Å²) in [5.41, 5.74) is 0. The number of hydrogen-bond donors (Lipinski definition) is 0. The molecule has 0 saturated carbocycles. The molecule has 0 aromatic carbocycles. The number of unbranched alkanes of at least 4 members (excludes halogenated alkanes) is 5. The summed E-state index contributed by atoms with van der Waals surface area (Å²) in [5, 5.41) is 0. The van der Waals surface area contributed by atoms with Gasteiger partial charge < -0.3 is 14.7 Å². The van der Waals surface area contributed by atoms with Crippen LogP contribution in [0.1, 0.15) is 65.2 Å². The van der Waals surface area contributed by atoms with Gasteiger partial charge in [-0.05, 0) is 67.3 Å². The van der Waals surface area contributed by atoms with Gasteiger partial charge in [0, 0.05) is 26.1 Å². The molecule has 0 aromatic heterocycles. The van der Waals surface area contributed by atoms with Crippen LogP contribution in [0.3, 0.4) is 0 Å². The van der Waals surface area contributed by atoms with Crippen LogP contribution in [0.15, 0.2) is 0 Å². The fraction of sp³-hybridized carbons (Fsp3) is 0.947. The molecule has 0 aliphatic heterocycles. The zero-order chi connectivity index (χ0) is 17.7. The number of nitrogens with zero attached hydrogens (tertiary/aromatic N) is 3. The summed E-state index contributed by atoms with van der Waals surface area (Å²) >= 11 is 0. The van der Waals surface area contributed by atoms with Crippen molar-refractivity contribution >= 4 is 5.91 Å². The van der Waals surface area contributed by atoms with E-state index in [1.165, 1.54) is 38.6 Å². The minimum Gasteiger partial charge on any atom is -0.346 e. The number of hydrogen-bond acceptors (Lipinski definition) is 3. The van der Waals surface area contributed by atoms with Crippen molar-refractivity contribution in [2.45, 2.75) is 71.3 Å². The van der Waals surface area contributed by atoms with Gasteiger partial charge in [-0.3, -0.25) is 4.79 Å². The van der Waals surface area contributed by atoms with Crippen LogP contribution >= 0.6 is 0 Å². The number of carbonyl (C=O) groups is 1. The highest BCUT2D eigenvalue weighted by Gasteiger charge is 2.08. The van der Waals surface area contributed by atoms with Crippen molar-refractivity contribution in [3.05, 3.63) is 0 Å². The Hall–Kier alpha value is -0.610. The number of amides is 1. The van der Waals surface area contributed by atoms with Crippen LogP contribution in [-0.2, 0) is 4.79 Å². The molecule has 0 heterocycles. The first-order valence-corrected chi connectivity index (χ1v) is 9.43. The highest BCUT2D eigenvalue weighted by atomic mass is 16.2. The smallest absolute Gasteiger partial charge is 0.222 e. The van der Waals surface area contributed by atoms with Crippen molar-refractivity contribution in [1.29, 1.82) is 0 Å². The monoisotopic (exact) mass is 327 g/mol. The van der Waals surface area contributed by atoms with Gasteiger partial charge in [-0.25, -0.2) is 0 Å². The van der Waals surface area contributed by atoms with Gasteiger partial charge in [0.15, 0.2) is 0 Å². The molecule has 0 spiro atoms. The third-order valence-electron chi connectivity index (χ3n) is 4.56. The van der Waals surface area contributed by atoms with E-state index in [4.69, 9.17) is 0 Å². The average molecular weight is 328 g/mol. The van der Waals surface area contributed by atoms with E-state index in [1.807, 2.05) is 11.9 Å². The van der Waals surface area contributed by atoms with Gasteiger partial charge in [-0.2, -0.15) is 0 Å². The van der Waals surface area contributed by atoms with Gasteiger partial charge in [-0.1, -0.05) is 25.7 Å². The minimum absolute atomic E-state index is 0.308. The molecule has 0 rings (SSSR count). The standard InChI is InChI=1S/C19H41N3O/c1-18(2)21(5)16-12-10-8-7-9-11-14-19(23)22(6)17-13-15-20(3)4/h18H,7-17H2,1-6H3. The van der Waals surface area contributed by atoms with Crippen LogP contribution in [0.4, 0.5) is 0 Å². The summed E-state index contributed by atoms with van der Waals surface area (Å²) in [5.74, 6) is 0.308. The zero-order valence-electron chi connectivity index (χ0n) is 16.6. The van der Waals surface area contributed by atoms with Crippen molar-refractivity contribution in [1.82, 2.24) is 14.7 Å². The van der Waals surface area contributed by atoms with E-state index in [1.54, 1.807) is 0 Å². The molecule has 0 aliphatic carbocycles. The van der Waals surface area contributed by atoms with Crippen LogP contribution in [0.2, 0.25) is 0 Å².